The van der Waals surface area contributed by atoms with Gasteiger partial charge in [0, 0.05) is 63.2 Å². The van der Waals surface area contributed by atoms with Crippen LogP contribution in [0.5, 0.6) is 0 Å². The van der Waals surface area contributed by atoms with Crippen molar-refractivity contribution in [3.63, 3.8) is 0 Å². The van der Waals surface area contributed by atoms with Gasteiger partial charge in [-0.05, 0) is 43.4 Å². The molecule has 1 aromatic heterocycles. The molecule has 230 valence electrons. The smallest absolute Gasteiger partial charge is 0.317 e. The summed E-state index contributed by atoms with van der Waals surface area (Å²) >= 11 is 1.31. The summed E-state index contributed by atoms with van der Waals surface area (Å²) in [6.07, 6.45) is 10.2. The van der Waals surface area contributed by atoms with E-state index >= 15 is 0 Å². The molecule has 3 saturated heterocycles. The van der Waals surface area contributed by atoms with Gasteiger partial charge in [-0.2, -0.15) is 0 Å². The van der Waals surface area contributed by atoms with Gasteiger partial charge in [0.05, 0.1) is 24.2 Å². The number of thiazole rings is 1. The van der Waals surface area contributed by atoms with E-state index in [1.807, 2.05) is 9.80 Å². The van der Waals surface area contributed by atoms with Gasteiger partial charge >= 0.3 is 5.97 Å². The molecule has 5 aliphatic rings. The van der Waals surface area contributed by atoms with Crippen LogP contribution in [-0.2, 0) is 14.4 Å². The number of carboxylic acid groups (broad SMARTS) is 1. The topological polar surface area (TPSA) is 114 Å². The number of piperidine rings is 1. The van der Waals surface area contributed by atoms with Crippen LogP contribution in [0.2, 0.25) is 0 Å². The van der Waals surface area contributed by atoms with Crippen LogP contribution in [0.15, 0.2) is 11.7 Å². The molecule has 1 spiro atoms. The number of carboxylic acids is 1. The number of amides is 3. The van der Waals surface area contributed by atoms with E-state index in [1.165, 1.54) is 30.6 Å². The van der Waals surface area contributed by atoms with Crippen molar-refractivity contribution < 1.29 is 24.3 Å². The molecule has 42 heavy (non-hydrogen) atoms. The largest absolute Gasteiger partial charge is 0.480 e. The van der Waals surface area contributed by atoms with Gasteiger partial charge in [-0.25, -0.2) is 0 Å². The lowest BCUT2D eigenvalue weighted by molar-refractivity contribution is -0.156. The summed E-state index contributed by atoms with van der Waals surface area (Å²) in [5.74, 6) is -0.511. The molecule has 6 rings (SSSR count). The molecule has 0 radical (unpaired) electrons. The Hall–Kier alpha value is -2.53. The zero-order valence-electron chi connectivity index (χ0n) is 25.0. The summed E-state index contributed by atoms with van der Waals surface area (Å²) in [5.41, 5.74) is 1.25. The fraction of sp³-hybridized carbons (Fsp3) is 0.774. The number of hydrogen-bond donors (Lipinski definition) is 1. The number of carbonyl (C=O) groups is 4. The van der Waals surface area contributed by atoms with Crippen molar-refractivity contribution in [3.8, 4) is 0 Å². The minimum Gasteiger partial charge on any atom is -0.480 e. The van der Waals surface area contributed by atoms with Gasteiger partial charge in [0.2, 0.25) is 11.8 Å². The minimum absolute atomic E-state index is 0.00226. The molecule has 1 N–H and O–H groups in total. The Balaban J connectivity index is 1.17. The van der Waals surface area contributed by atoms with Gasteiger partial charge < -0.3 is 19.8 Å². The fourth-order valence-corrected chi connectivity index (χ4v) is 8.72. The predicted octanol–water partition coefficient (Wildman–Crippen LogP) is 3.05. The van der Waals surface area contributed by atoms with Crippen LogP contribution in [0.4, 0.5) is 0 Å². The van der Waals surface area contributed by atoms with Crippen LogP contribution in [-0.4, -0.2) is 112 Å². The molecular weight excluding hydrogens is 554 g/mol. The molecule has 4 heterocycles. The van der Waals surface area contributed by atoms with Crippen LogP contribution in [0, 0.1) is 28.6 Å². The van der Waals surface area contributed by atoms with E-state index in [-0.39, 0.29) is 47.6 Å². The van der Waals surface area contributed by atoms with Crippen molar-refractivity contribution in [2.24, 2.45) is 28.6 Å². The first kappa shape index (κ1) is 29.5. The Kier molecular flexibility index (Phi) is 8.10. The molecule has 3 amide bonds. The summed E-state index contributed by atoms with van der Waals surface area (Å²) in [5, 5.41) is 9.71. The van der Waals surface area contributed by atoms with Crippen molar-refractivity contribution in [2.75, 3.05) is 52.4 Å². The minimum atomic E-state index is -0.820. The molecule has 1 aromatic rings. The summed E-state index contributed by atoms with van der Waals surface area (Å²) in [7, 11) is 0. The molecule has 2 saturated carbocycles. The number of aromatic nitrogens is 1. The fourth-order valence-electron chi connectivity index (χ4n) is 8.13. The number of likely N-dealkylation sites (tertiary alicyclic amines) is 3. The highest BCUT2D eigenvalue weighted by Crippen LogP contribution is 2.55. The molecule has 5 fully saturated rings. The number of nitrogens with zero attached hydrogens (tertiary/aromatic N) is 5. The summed E-state index contributed by atoms with van der Waals surface area (Å²) in [6.45, 7) is 8.00. The average molecular weight is 600 g/mol. The van der Waals surface area contributed by atoms with E-state index in [4.69, 9.17) is 0 Å². The Morgan fingerprint density at radius 1 is 0.952 bits per heavy atom. The van der Waals surface area contributed by atoms with Gasteiger partial charge in [0.1, 0.15) is 4.88 Å². The first-order valence-corrected chi connectivity index (χ1v) is 16.7. The van der Waals surface area contributed by atoms with Crippen molar-refractivity contribution in [3.05, 3.63) is 16.6 Å². The van der Waals surface area contributed by atoms with E-state index in [2.05, 4.69) is 23.7 Å². The van der Waals surface area contributed by atoms with Gasteiger partial charge in [0.15, 0.2) is 0 Å². The normalized spacial score (nSPS) is 28.6. The molecule has 3 aliphatic heterocycles. The SMILES string of the molecule is CC1(C)C[C@@H]1C(=O)N1CC2(CN(C(=O)c3cncs3)C[C@H]2C(=O)N2CCC[C@H](N(CC(=O)O)CC3CCCCC3)C2)C1. The number of rotatable bonds is 8. The summed E-state index contributed by atoms with van der Waals surface area (Å²) < 4.78 is 0. The van der Waals surface area contributed by atoms with E-state index in [0.29, 0.717) is 50.1 Å². The van der Waals surface area contributed by atoms with E-state index < -0.39 is 11.4 Å². The van der Waals surface area contributed by atoms with Crippen molar-refractivity contribution >= 4 is 35.0 Å². The van der Waals surface area contributed by atoms with Crippen molar-refractivity contribution in [1.29, 1.82) is 0 Å². The average Bonchev–Trinajstić information content (AvgIpc) is 3.33. The van der Waals surface area contributed by atoms with Gasteiger partial charge in [-0.1, -0.05) is 33.1 Å². The summed E-state index contributed by atoms with van der Waals surface area (Å²) in [6, 6.07) is 0.0181. The maximum atomic E-state index is 14.3. The highest BCUT2D eigenvalue weighted by molar-refractivity contribution is 7.11. The Morgan fingerprint density at radius 2 is 1.64 bits per heavy atom. The quantitative estimate of drug-likeness (QED) is 0.489. The number of aliphatic carboxylic acids is 1. The lowest BCUT2D eigenvalue weighted by Gasteiger charge is -2.51. The molecule has 11 heteroatoms. The second kappa shape index (κ2) is 11.5. The number of carbonyl (C=O) groups excluding carboxylic acids is 3. The monoisotopic (exact) mass is 599 g/mol. The van der Waals surface area contributed by atoms with Crippen LogP contribution in [0.1, 0.15) is 74.9 Å². The molecule has 3 atom stereocenters. The number of hydrogen-bond acceptors (Lipinski definition) is 7. The van der Waals surface area contributed by atoms with E-state index in [0.717, 1.165) is 38.6 Å². The molecule has 10 nitrogen and oxygen atoms in total. The van der Waals surface area contributed by atoms with Crippen LogP contribution >= 0.6 is 11.3 Å². The van der Waals surface area contributed by atoms with E-state index in [9.17, 15) is 24.3 Å². The van der Waals surface area contributed by atoms with Crippen molar-refractivity contribution in [1.82, 2.24) is 24.6 Å². The molecular formula is C31H45N5O5S. The molecule has 0 aromatic carbocycles. The van der Waals surface area contributed by atoms with Crippen LogP contribution < -0.4 is 0 Å². The van der Waals surface area contributed by atoms with Gasteiger partial charge in [0.25, 0.3) is 5.91 Å². The third-order valence-electron chi connectivity index (χ3n) is 10.8. The highest BCUT2D eigenvalue weighted by atomic mass is 32.1. The van der Waals surface area contributed by atoms with Gasteiger partial charge in [-0.3, -0.25) is 29.1 Å². The maximum Gasteiger partial charge on any atom is 0.317 e. The van der Waals surface area contributed by atoms with Crippen LogP contribution in [0.25, 0.3) is 0 Å². The second-order valence-corrected chi connectivity index (χ2v) is 15.2. The Bertz CT molecular complexity index is 1190. The van der Waals surface area contributed by atoms with Crippen molar-refractivity contribution in [2.45, 2.75) is 71.3 Å². The summed E-state index contributed by atoms with van der Waals surface area (Å²) in [4.78, 5) is 65.1. The molecule has 2 aliphatic carbocycles. The second-order valence-electron chi connectivity index (χ2n) is 14.3. The van der Waals surface area contributed by atoms with E-state index in [1.54, 1.807) is 16.6 Å². The first-order chi connectivity index (χ1) is 20.1. The third kappa shape index (κ3) is 5.83. The zero-order valence-corrected chi connectivity index (χ0v) is 25.8. The lowest BCUT2D eigenvalue weighted by Crippen LogP contribution is -2.65. The third-order valence-corrected chi connectivity index (χ3v) is 11.6. The predicted molar refractivity (Wildman–Crippen MR) is 158 cm³/mol. The Labute approximate surface area is 252 Å². The molecule has 0 unspecified atom stereocenters. The first-order valence-electron chi connectivity index (χ1n) is 15.8. The lowest BCUT2D eigenvalue weighted by atomic mass is 9.70. The van der Waals surface area contributed by atoms with Gasteiger partial charge in [-0.15, -0.1) is 11.3 Å². The highest BCUT2D eigenvalue weighted by Gasteiger charge is 2.62. The molecule has 0 bridgehead atoms. The van der Waals surface area contributed by atoms with Crippen LogP contribution in [0.3, 0.4) is 0 Å². The Morgan fingerprint density at radius 3 is 2.29 bits per heavy atom. The standard InChI is InChI=1S/C31H45N5O5S/c1-30(2)11-23(30)27(39)36-18-31(19-36)17-35(29(41)25-12-32-20-42-25)15-24(31)28(40)33-10-6-9-22(14-33)34(16-26(37)38)13-21-7-4-3-5-8-21/h12,20-24H,3-11,13-19H2,1-2H3,(H,37,38)/t22-,23+,24-/m0/s1. The zero-order chi connectivity index (χ0) is 29.6. The maximum absolute atomic E-state index is 14.3.